The van der Waals surface area contributed by atoms with Gasteiger partial charge in [0.25, 0.3) is 5.78 Å². The molecule has 1 aliphatic rings. The first-order valence-corrected chi connectivity index (χ1v) is 8.54. The lowest BCUT2D eigenvalue weighted by Gasteiger charge is -2.18. The summed E-state index contributed by atoms with van der Waals surface area (Å²) in [7, 11) is 0. The molecule has 6 nitrogen and oxygen atoms in total. The molecule has 0 fully saturated rings. The Kier molecular flexibility index (Phi) is 3.50. The van der Waals surface area contributed by atoms with Crippen LogP contribution in [0, 0.1) is 0 Å². The summed E-state index contributed by atoms with van der Waals surface area (Å²) in [6, 6.07) is 15.2. The first-order valence-electron chi connectivity index (χ1n) is 8.16. The van der Waals surface area contributed by atoms with Crippen LogP contribution in [0.4, 0.5) is 0 Å². The van der Waals surface area contributed by atoms with Crippen molar-refractivity contribution in [3.8, 4) is 34.1 Å². The van der Waals surface area contributed by atoms with E-state index in [1.165, 1.54) is 0 Å². The van der Waals surface area contributed by atoms with E-state index in [0.29, 0.717) is 35.6 Å². The highest BCUT2D eigenvalue weighted by Gasteiger charge is 2.16. The SMILES string of the molecule is Clc1ccccc1-c1ccnc2nc(-c3ccc4c(c3)OCCO4)nn12. The summed E-state index contributed by atoms with van der Waals surface area (Å²) in [5, 5.41) is 5.29. The molecule has 0 N–H and O–H groups in total. The lowest BCUT2D eigenvalue weighted by atomic mass is 10.1. The Hall–Kier alpha value is -3.12. The van der Waals surface area contributed by atoms with Crippen molar-refractivity contribution in [2.24, 2.45) is 0 Å². The van der Waals surface area contributed by atoms with Crippen molar-refractivity contribution < 1.29 is 9.47 Å². The first-order chi connectivity index (χ1) is 12.8. The molecule has 0 aliphatic carbocycles. The van der Waals surface area contributed by atoms with Crippen molar-refractivity contribution in [2.75, 3.05) is 13.2 Å². The van der Waals surface area contributed by atoms with Crippen LogP contribution in [0.15, 0.2) is 54.7 Å². The van der Waals surface area contributed by atoms with Gasteiger partial charge in [0.1, 0.15) is 13.2 Å². The van der Waals surface area contributed by atoms with Gasteiger partial charge in [0.05, 0.1) is 5.69 Å². The van der Waals surface area contributed by atoms with Crippen LogP contribution in [0.3, 0.4) is 0 Å². The Balaban J connectivity index is 1.65. The number of hydrogen-bond acceptors (Lipinski definition) is 5. The molecule has 2 aromatic carbocycles. The van der Waals surface area contributed by atoms with Crippen LogP contribution in [-0.4, -0.2) is 32.8 Å². The first kappa shape index (κ1) is 15.2. The fourth-order valence-corrected chi connectivity index (χ4v) is 3.20. The van der Waals surface area contributed by atoms with E-state index in [2.05, 4.69) is 15.1 Å². The minimum absolute atomic E-state index is 0.507. The minimum Gasteiger partial charge on any atom is -0.486 e. The van der Waals surface area contributed by atoms with Crippen LogP contribution in [0.5, 0.6) is 11.5 Å². The summed E-state index contributed by atoms with van der Waals surface area (Å²) in [6.45, 7) is 1.09. The van der Waals surface area contributed by atoms with Gasteiger partial charge in [0.15, 0.2) is 17.3 Å². The third kappa shape index (κ3) is 2.46. The summed E-state index contributed by atoms with van der Waals surface area (Å²) in [5.74, 6) is 2.51. The van der Waals surface area contributed by atoms with E-state index in [1.807, 2.05) is 48.5 Å². The Morgan fingerprint density at radius 3 is 2.69 bits per heavy atom. The lowest BCUT2D eigenvalue weighted by Crippen LogP contribution is -2.15. The molecule has 4 aromatic rings. The molecular weight excluding hydrogens is 352 g/mol. The van der Waals surface area contributed by atoms with Gasteiger partial charge in [-0.3, -0.25) is 0 Å². The summed E-state index contributed by atoms with van der Waals surface area (Å²) in [4.78, 5) is 8.87. The average molecular weight is 365 g/mol. The second-order valence-electron chi connectivity index (χ2n) is 5.82. The molecule has 3 heterocycles. The predicted molar refractivity (Wildman–Crippen MR) is 97.7 cm³/mol. The lowest BCUT2D eigenvalue weighted by molar-refractivity contribution is 0.171. The highest BCUT2D eigenvalue weighted by molar-refractivity contribution is 6.33. The maximum Gasteiger partial charge on any atom is 0.253 e. The highest BCUT2D eigenvalue weighted by Crippen LogP contribution is 2.34. The zero-order chi connectivity index (χ0) is 17.5. The van der Waals surface area contributed by atoms with Gasteiger partial charge in [-0.05, 0) is 30.3 Å². The third-order valence-electron chi connectivity index (χ3n) is 4.19. The van der Waals surface area contributed by atoms with Crippen LogP contribution in [0.1, 0.15) is 0 Å². The summed E-state index contributed by atoms with van der Waals surface area (Å²) < 4.78 is 12.9. The Morgan fingerprint density at radius 1 is 0.962 bits per heavy atom. The van der Waals surface area contributed by atoms with Gasteiger partial charge in [-0.15, -0.1) is 5.10 Å². The second-order valence-corrected chi connectivity index (χ2v) is 6.22. The van der Waals surface area contributed by atoms with E-state index in [9.17, 15) is 0 Å². The number of hydrogen-bond donors (Lipinski definition) is 0. The molecule has 0 unspecified atom stereocenters. The standard InChI is InChI=1S/C19H13ClN4O2/c20-14-4-2-1-3-13(14)15-7-8-21-19-22-18(23-24(15)19)12-5-6-16-17(11-12)26-10-9-25-16/h1-8,11H,9-10H2. The smallest absolute Gasteiger partial charge is 0.253 e. The summed E-state index contributed by atoms with van der Waals surface area (Å²) in [6.07, 6.45) is 1.70. The third-order valence-corrected chi connectivity index (χ3v) is 4.52. The zero-order valence-electron chi connectivity index (χ0n) is 13.6. The molecule has 26 heavy (non-hydrogen) atoms. The number of halogens is 1. The highest BCUT2D eigenvalue weighted by atomic mass is 35.5. The fourth-order valence-electron chi connectivity index (χ4n) is 2.97. The monoisotopic (exact) mass is 364 g/mol. The molecular formula is C19H13ClN4O2. The van der Waals surface area contributed by atoms with Crippen LogP contribution < -0.4 is 9.47 Å². The van der Waals surface area contributed by atoms with E-state index in [1.54, 1.807) is 10.7 Å². The van der Waals surface area contributed by atoms with Gasteiger partial charge < -0.3 is 9.47 Å². The molecule has 5 rings (SSSR count). The van der Waals surface area contributed by atoms with Crippen molar-refractivity contribution in [2.45, 2.75) is 0 Å². The van der Waals surface area contributed by atoms with Gasteiger partial charge in [-0.2, -0.15) is 9.50 Å². The number of aromatic nitrogens is 4. The molecule has 0 amide bonds. The molecule has 0 bridgehead atoms. The number of fused-ring (bicyclic) bond motifs is 2. The minimum atomic E-state index is 0.507. The Labute approximate surface area is 154 Å². The van der Waals surface area contributed by atoms with Gasteiger partial charge in [0.2, 0.25) is 0 Å². The maximum absolute atomic E-state index is 6.35. The van der Waals surface area contributed by atoms with E-state index < -0.39 is 0 Å². The van der Waals surface area contributed by atoms with E-state index in [0.717, 1.165) is 22.6 Å². The normalized spacial score (nSPS) is 13.1. The van der Waals surface area contributed by atoms with E-state index in [-0.39, 0.29) is 0 Å². The zero-order valence-corrected chi connectivity index (χ0v) is 14.3. The Morgan fingerprint density at radius 2 is 1.81 bits per heavy atom. The number of benzene rings is 2. The van der Waals surface area contributed by atoms with Gasteiger partial charge in [-0.25, -0.2) is 4.98 Å². The van der Waals surface area contributed by atoms with Crippen molar-refractivity contribution in [3.63, 3.8) is 0 Å². The summed E-state index contributed by atoms with van der Waals surface area (Å²) >= 11 is 6.35. The van der Waals surface area contributed by atoms with Crippen LogP contribution in [0.2, 0.25) is 5.02 Å². The molecule has 1 aliphatic heterocycles. The predicted octanol–water partition coefficient (Wildman–Crippen LogP) is 3.88. The van der Waals surface area contributed by atoms with Gasteiger partial charge >= 0.3 is 0 Å². The van der Waals surface area contributed by atoms with Crippen molar-refractivity contribution in [1.29, 1.82) is 0 Å². The largest absolute Gasteiger partial charge is 0.486 e. The van der Waals surface area contributed by atoms with E-state index in [4.69, 9.17) is 21.1 Å². The molecule has 0 saturated heterocycles. The van der Waals surface area contributed by atoms with Crippen molar-refractivity contribution in [3.05, 3.63) is 59.8 Å². The molecule has 0 radical (unpaired) electrons. The quantitative estimate of drug-likeness (QED) is 0.540. The molecule has 0 saturated carbocycles. The second kappa shape index (κ2) is 6.00. The summed E-state index contributed by atoms with van der Waals surface area (Å²) in [5.41, 5.74) is 2.54. The number of ether oxygens (including phenoxy) is 2. The number of nitrogens with zero attached hydrogens (tertiary/aromatic N) is 4. The molecule has 2 aromatic heterocycles. The molecule has 0 atom stereocenters. The Bertz CT molecular complexity index is 1130. The molecule has 7 heteroatoms. The molecule has 0 spiro atoms. The topological polar surface area (TPSA) is 61.5 Å². The number of rotatable bonds is 2. The van der Waals surface area contributed by atoms with E-state index >= 15 is 0 Å². The molecule has 128 valence electrons. The fraction of sp³-hybridized carbons (Fsp3) is 0.105. The average Bonchev–Trinajstić information content (AvgIpc) is 3.12. The maximum atomic E-state index is 6.35. The van der Waals surface area contributed by atoms with Crippen molar-refractivity contribution >= 4 is 17.4 Å². The van der Waals surface area contributed by atoms with Gasteiger partial charge in [0, 0.05) is 22.3 Å². The van der Waals surface area contributed by atoms with Crippen molar-refractivity contribution in [1.82, 2.24) is 19.6 Å². The van der Waals surface area contributed by atoms with Gasteiger partial charge in [-0.1, -0.05) is 29.8 Å². The van der Waals surface area contributed by atoms with Crippen LogP contribution >= 0.6 is 11.6 Å². The van der Waals surface area contributed by atoms with Crippen LogP contribution in [-0.2, 0) is 0 Å². The van der Waals surface area contributed by atoms with Crippen LogP contribution in [0.25, 0.3) is 28.4 Å².